The number of aromatic carboxylic acids is 1. The van der Waals surface area contributed by atoms with Crippen molar-refractivity contribution >= 4 is 23.4 Å². The number of carbonyl (C=O) groups excluding carboxylic acids is 1. The van der Waals surface area contributed by atoms with Crippen molar-refractivity contribution in [2.75, 3.05) is 17.3 Å². The number of amides is 2. The van der Waals surface area contributed by atoms with Gasteiger partial charge in [0.05, 0.1) is 11.3 Å². The summed E-state index contributed by atoms with van der Waals surface area (Å²) >= 11 is 0. The van der Waals surface area contributed by atoms with Crippen LogP contribution in [0, 0.1) is 0 Å². The van der Waals surface area contributed by atoms with Crippen LogP contribution in [0.3, 0.4) is 0 Å². The van der Waals surface area contributed by atoms with E-state index in [0.717, 1.165) is 0 Å². The maximum atomic E-state index is 12.1. The smallest absolute Gasteiger partial charge is 0.337 e. The molecule has 2 rings (SSSR count). The molecule has 6 nitrogen and oxygen atoms in total. The Morgan fingerprint density at radius 2 is 1.67 bits per heavy atom. The van der Waals surface area contributed by atoms with Crippen molar-refractivity contribution in [1.82, 2.24) is 0 Å². The molecule has 6 heteroatoms. The molecule has 2 aromatic carbocycles. The van der Waals surface area contributed by atoms with E-state index in [-0.39, 0.29) is 17.0 Å². The third-order valence-corrected chi connectivity index (χ3v) is 2.94. The number of para-hydroxylation sites is 1. The van der Waals surface area contributed by atoms with E-state index < -0.39 is 12.0 Å². The number of phenolic OH excluding ortho intramolecular Hbond substituents is 1. The number of anilines is 2. The van der Waals surface area contributed by atoms with Crippen LogP contribution in [0.5, 0.6) is 5.75 Å². The zero-order valence-electron chi connectivity index (χ0n) is 11.3. The summed E-state index contributed by atoms with van der Waals surface area (Å²) in [6.45, 7) is 0. The van der Waals surface area contributed by atoms with E-state index in [9.17, 15) is 14.7 Å². The molecule has 2 amide bonds. The van der Waals surface area contributed by atoms with Crippen molar-refractivity contribution in [2.24, 2.45) is 0 Å². The fourth-order valence-electron chi connectivity index (χ4n) is 1.77. The second-order valence-electron chi connectivity index (χ2n) is 4.36. The first kappa shape index (κ1) is 14.4. The fourth-order valence-corrected chi connectivity index (χ4v) is 1.77. The Kier molecular flexibility index (Phi) is 4.08. The van der Waals surface area contributed by atoms with Gasteiger partial charge in [-0.15, -0.1) is 0 Å². The number of phenols is 1. The lowest BCUT2D eigenvalue weighted by atomic mass is 10.2. The highest BCUT2D eigenvalue weighted by Crippen LogP contribution is 2.20. The van der Waals surface area contributed by atoms with Crippen molar-refractivity contribution in [3.63, 3.8) is 0 Å². The molecular weight excluding hydrogens is 272 g/mol. The van der Waals surface area contributed by atoms with Crippen molar-refractivity contribution in [3.05, 3.63) is 54.1 Å². The zero-order valence-corrected chi connectivity index (χ0v) is 11.3. The number of benzene rings is 2. The van der Waals surface area contributed by atoms with Crippen LogP contribution < -0.4 is 10.2 Å². The van der Waals surface area contributed by atoms with Gasteiger partial charge in [-0.3, -0.25) is 4.90 Å². The topological polar surface area (TPSA) is 89.9 Å². The molecule has 0 heterocycles. The molecule has 0 bridgehead atoms. The molecule has 0 fully saturated rings. The molecule has 0 atom stereocenters. The second kappa shape index (κ2) is 5.96. The number of urea groups is 1. The average molecular weight is 286 g/mol. The maximum Gasteiger partial charge on any atom is 0.337 e. The van der Waals surface area contributed by atoms with E-state index in [4.69, 9.17) is 5.11 Å². The minimum absolute atomic E-state index is 0.0185. The Morgan fingerprint density at radius 1 is 1.05 bits per heavy atom. The predicted molar refractivity (Wildman–Crippen MR) is 78.9 cm³/mol. The molecule has 108 valence electrons. The highest BCUT2D eigenvalue weighted by molar-refractivity contribution is 6.05. The summed E-state index contributed by atoms with van der Waals surface area (Å²) in [5.41, 5.74) is 0.809. The van der Waals surface area contributed by atoms with Crippen LogP contribution in [0.25, 0.3) is 0 Å². The van der Waals surface area contributed by atoms with Crippen LogP contribution in [-0.4, -0.2) is 29.3 Å². The number of carboxylic acid groups (broad SMARTS) is 1. The molecule has 0 aliphatic carbocycles. The van der Waals surface area contributed by atoms with Gasteiger partial charge in [0.15, 0.2) is 0 Å². The van der Waals surface area contributed by atoms with E-state index in [1.54, 1.807) is 31.3 Å². The number of carboxylic acids is 1. The minimum Gasteiger partial charge on any atom is -0.508 e. The van der Waals surface area contributed by atoms with Gasteiger partial charge >= 0.3 is 12.0 Å². The van der Waals surface area contributed by atoms with Gasteiger partial charge in [-0.05, 0) is 36.4 Å². The summed E-state index contributed by atoms with van der Waals surface area (Å²) in [6.07, 6.45) is 0. The Hall–Kier alpha value is -3.02. The van der Waals surface area contributed by atoms with Crippen molar-refractivity contribution < 1.29 is 19.8 Å². The molecule has 0 aliphatic rings. The fraction of sp³-hybridized carbons (Fsp3) is 0.0667. The molecule has 0 saturated heterocycles. The van der Waals surface area contributed by atoms with Gasteiger partial charge in [-0.25, -0.2) is 9.59 Å². The third-order valence-electron chi connectivity index (χ3n) is 2.94. The van der Waals surface area contributed by atoms with Crippen molar-refractivity contribution in [1.29, 1.82) is 0 Å². The van der Waals surface area contributed by atoms with Gasteiger partial charge in [-0.1, -0.05) is 12.1 Å². The lowest BCUT2D eigenvalue weighted by Gasteiger charge is -2.18. The third kappa shape index (κ3) is 3.30. The van der Waals surface area contributed by atoms with Crippen LogP contribution in [0.2, 0.25) is 0 Å². The molecule has 21 heavy (non-hydrogen) atoms. The van der Waals surface area contributed by atoms with Crippen molar-refractivity contribution in [2.45, 2.75) is 0 Å². The molecule has 0 unspecified atom stereocenters. The maximum absolute atomic E-state index is 12.1. The first-order valence-electron chi connectivity index (χ1n) is 6.15. The number of nitrogens with one attached hydrogen (secondary N) is 1. The molecule has 0 spiro atoms. The normalized spacial score (nSPS) is 9.95. The van der Waals surface area contributed by atoms with Gasteiger partial charge in [0.25, 0.3) is 0 Å². The van der Waals surface area contributed by atoms with E-state index in [1.165, 1.54) is 29.2 Å². The predicted octanol–water partition coefficient (Wildman–Crippen LogP) is 2.76. The number of carbonyl (C=O) groups is 2. The van der Waals surface area contributed by atoms with E-state index in [2.05, 4.69) is 5.32 Å². The Balaban J connectivity index is 2.18. The van der Waals surface area contributed by atoms with E-state index >= 15 is 0 Å². The van der Waals surface area contributed by atoms with Crippen LogP contribution in [0.4, 0.5) is 16.2 Å². The number of rotatable bonds is 3. The standard InChI is InChI=1S/C15H14N2O4/c1-17(10-6-8-11(18)9-7-10)15(21)16-13-5-3-2-4-12(13)14(19)20/h2-9,18H,1H3,(H,16,21)(H,19,20). The lowest BCUT2D eigenvalue weighted by Crippen LogP contribution is -2.31. The monoisotopic (exact) mass is 286 g/mol. The Morgan fingerprint density at radius 3 is 2.29 bits per heavy atom. The van der Waals surface area contributed by atoms with Crippen LogP contribution in [0.1, 0.15) is 10.4 Å². The van der Waals surface area contributed by atoms with Gasteiger partial charge in [0.1, 0.15) is 5.75 Å². The highest BCUT2D eigenvalue weighted by atomic mass is 16.4. The molecule has 2 aromatic rings. The van der Waals surface area contributed by atoms with E-state index in [0.29, 0.717) is 5.69 Å². The minimum atomic E-state index is -1.11. The molecule has 3 N–H and O–H groups in total. The van der Waals surface area contributed by atoms with Gasteiger partial charge in [0.2, 0.25) is 0 Å². The van der Waals surface area contributed by atoms with Crippen LogP contribution >= 0.6 is 0 Å². The summed E-state index contributed by atoms with van der Waals surface area (Å²) < 4.78 is 0. The number of hydrogen-bond acceptors (Lipinski definition) is 3. The molecule has 0 saturated carbocycles. The summed E-state index contributed by atoms with van der Waals surface area (Å²) in [6, 6.07) is 11.8. The molecule has 0 radical (unpaired) electrons. The number of nitrogens with zero attached hydrogens (tertiary/aromatic N) is 1. The molecular formula is C15H14N2O4. The molecule has 0 aromatic heterocycles. The zero-order chi connectivity index (χ0) is 15.4. The second-order valence-corrected chi connectivity index (χ2v) is 4.36. The summed E-state index contributed by atoms with van der Waals surface area (Å²) in [7, 11) is 1.55. The quantitative estimate of drug-likeness (QED) is 0.809. The van der Waals surface area contributed by atoms with Gasteiger partial charge in [-0.2, -0.15) is 0 Å². The van der Waals surface area contributed by atoms with Crippen LogP contribution in [0.15, 0.2) is 48.5 Å². The first-order chi connectivity index (χ1) is 9.99. The van der Waals surface area contributed by atoms with Gasteiger partial charge in [0, 0.05) is 12.7 Å². The Labute approximate surface area is 121 Å². The summed E-state index contributed by atoms with van der Waals surface area (Å²) in [5, 5.41) is 20.8. The Bertz CT molecular complexity index is 668. The van der Waals surface area contributed by atoms with E-state index in [1.807, 2.05) is 0 Å². The van der Waals surface area contributed by atoms with Gasteiger partial charge < -0.3 is 15.5 Å². The largest absolute Gasteiger partial charge is 0.508 e. The first-order valence-corrected chi connectivity index (χ1v) is 6.15. The lowest BCUT2D eigenvalue weighted by molar-refractivity contribution is 0.0698. The SMILES string of the molecule is CN(C(=O)Nc1ccccc1C(=O)O)c1ccc(O)cc1. The summed E-state index contributed by atoms with van der Waals surface area (Å²) in [4.78, 5) is 24.5. The molecule has 0 aliphatic heterocycles. The highest BCUT2D eigenvalue weighted by Gasteiger charge is 2.15. The number of hydrogen-bond donors (Lipinski definition) is 3. The van der Waals surface area contributed by atoms with Crippen LogP contribution in [-0.2, 0) is 0 Å². The summed E-state index contributed by atoms with van der Waals surface area (Å²) in [5.74, 6) is -1.01. The van der Waals surface area contributed by atoms with Crippen molar-refractivity contribution in [3.8, 4) is 5.75 Å². The number of aromatic hydroxyl groups is 1. The average Bonchev–Trinajstić information content (AvgIpc) is 2.47.